The number of hydrogen-bond acceptors (Lipinski definition) is 4. The molecule has 1 atom stereocenters. The number of carbonyl (C=O) groups is 1. The maximum absolute atomic E-state index is 12.6. The van der Waals surface area contributed by atoms with Crippen LogP contribution < -0.4 is 0 Å². The largest absolute Gasteiger partial charge is 0.392 e. The van der Waals surface area contributed by atoms with E-state index in [1.165, 1.54) is 5.56 Å². The molecule has 1 saturated heterocycles. The van der Waals surface area contributed by atoms with E-state index in [9.17, 15) is 4.79 Å². The molecule has 1 aliphatic rings. The van der Waals surface area contributed by atoms with Crippen molar-refractivity contribution in [2.75, 3.05) is 26.7 Å². The quantitative estimate of drug-likeness (QED) is 0.828. The number of pyridine rings is 1. The van der Waals surface area contributed by atoms with E-state index in [1.54, 1.807) is 6.20 Å². The van der Waals surface area contributed by atoms with Crippen molar-refractivity contribution >= 4 is 5.91 Å². The third kappa shape index (κ3) is 5.13. The van der Waals surface area contributed by atoms with Crippen molar-refractivity contribution < 1.29 is 9.90 Å². The highest BCUT2D eigenvalue weighted by molar-refractivity contribution is 5.78. The first kappa shape index (κ1) is 18.5. The van der Waals surface area contributed by atoms with Crippen LogP contribution in [0.2, 0.25) is 0 Å². The summed E-state index contributed by atoms with van der Waals surface area (Å²) >= 11 is 0. The van der Waals surface area contributed by atoms with Crippen molar-refractivity contribution in [2.45, 2.75) is 26.0 Å². The summed E-state index contributed by atoms with van der Waals surface area (Å²) in [7, 11) is 1.97. The predicted molar refractivity (Wildman–Crippen MR) is 101 cm³/mol. The van der Waals surface area contributed by atoms with Crippen LogP contribution in [0, 0.1) is 5.92 Å². The van der Waals surface area contributed by atoms with E-state index >= 15 is 0 Å². The fourth-order valence-corrected chi connectivity index (χ4v) is 3.53. The third-order valence-electron chi connectivity index (χ3n) is 4.95. The first-order valence-electron chi connectivity index (χ1n) is 9.18. The first-order valence-corrected chi connectivity index (χ1v) is 9.18. The number of amides is 1. The number of likely N-dealkylation sites (tertiary alicyclic amines) is 1. The van der Waals surface area contributed by atoms with Crippen molar-refractivity contribution in [3.05, 3.63) is 65.5 Å². The highest BCUT2D eigenvalue weighted by Gasteiger charge is 2.26. The van der Waals surface area contributed by atoms with Gasteiger partial charge in [-0.2, -0.15) is 0 Å². The minimum absolute atomic E-state index is 0.0819. The Morgan fingerprint density at radius 3 is 2.69 bits per heavy atom. The van der Waals surface area contributed by atoms with E-state index < -0.39 is 0 Å². The molecule has 0 saturated carbocycles. The highest BCUT2D eigenvalue weighted by atomic mass is 16.3. The van der Waals surface area contributed by atoms with Crippen molar-refractivity contribution in [1.29, 1.82) is 0 Å². The van der Waals surface area contributed by atoms with Gasteiger partial charge in [-0.15, -0.1) is 0 Å². The van der Waals surface area contributed by atoms with Gasteiger partial charge in [0.2, 0.25) is 5.91 Å². The summed E-state index contributed by atoms with van der Waals surface area (Å²) in [5.74, 6) is 0.720. The second-order valence-corrected chi connectivity index (χ2v) is 7.21. The van der Waals surface area contributed by atoms with Gasteiger partial charge in [0.05, 0.1) is 13.2 Å². The minimum Gasteiger partial charge on any atom is -0.392 e. The molecule has 1 fully saturated rings. The Labute approximate surface area is 155 Å². The molecule has 1 N–H and O–H groups in total. The lowest BCUT2D eigenvalue weighted by Gasteiger charge is -2.21. The molecule has 0 radical (unpaired) electrons. The zero-order valence-corrected chi connectivity index (χ0v) is 15.3. The van der Waals surface area contributed by atoms with Gasteiger partial charge in [0, 0.05) is 32.0 Å². The molecular weight excluding hydrogens is 326 g/mol. The van der Waals surface area contributed by atoms with E-state index in [4.69, 9.17) is 5.11 Å². The third-order valence-corrected chi connectivity index (χ3v) is 4.95. The zero-order valence-electron chi connectivity index (χ0n) is 15.3. The van der Waals surface area contributed by atoms with E-state index in [-0.39, 0.29) is 12.5 Å². The lowest BCUT2D eigenvalue weighted by atomic mass is 9.98. The van der Waals surface area contributed by atoms with Gasteiger partial charge in [-0.25, -0.2) is 0 Å². The highest BCUT2D eigenvalue weighted by Crippen LogP contribution is 2.21. The normalized spacial score (nSPS) is 17.0. The van der Waals surface area contributed by atoms with Gasteiger partial charge >= 0.3 is 0 Å². The molecule has 2 aromatic rings. The average Bonchev–Trinajstić information content (AvgIpc) is 3.12. The summed E-state index contributed by atoms with van der Waals surface area (Å²) in [6.07, 6.45) is 5.64. The lowest BCUT2D eigenvalue weighted by Crippen LogP contribution is -2.37. The van der Waals surface area contributed by atoms with Crippen LogP contribution in [0.15, 0.2) is 48.8 Å². The van der Waals surface area contributed by atoms with Gasteiger partial charge in [0.25, 0.3) is 0 Å². The Kier molecular flexibility index (Phi) is 6.36. The summed E-state index contributed by atoms with van der Waals surface area (Å²) in [4.78, 5) is 20.7. The molecule has 3 rings (SSSR count). The van der Waals surface area contributed by atoms with Crippen LogP contribution in [-0.4, -0.2) is 52.5 Å². The molecule has 1 amide bonds. The first-order chi connectivity index (χ1) is 12.6. The standard InChI is InChI=1S/C21H27N3O2/c1-23(13-20-3-2-9-22-12-20)15-21(26)24-10-8-19(14-24)11-17-4-6-18(16-25)7-5-17/h2-7,9,12,19,25H,8,10-11,13-16H2,1H3/t19-/m1/s1. The number of carbonyl (C=O) groups excluding carboxylic acids is 1. The van der Waals surface area contributed by atoms with Crippen LogP contribution in [0.25, 0.3) is 0 Å². The molecule has 0 spiro atoms. The summed E-state index contributed by atoms with van der Waals surface area (Å²) < 4.78 is 0. The van der Waals surface area contributed by atoms with Crippen molar-refractivity contribution in [3.63, 3.8) is 0 Å². The zero-order chi connectivity index (χ0) is 18.4. The molecule has 26 heavy (non-hydrogen) atoms. The number of rotatable bonds is 7. The molecule has 1 aromatic carbocycles. The Balaban J connectivity index is 1.45. The minimum atomic E-state index is 0.0819. The molecule has 1 aromatic heterocycles. The molecule has 5 nitrogen and oxygen atoms in total. The summed E-state index contributed by atoms with van der Waals surface area (Å²) in [5.41, 5.74) is 3.33. The van der Waals surface area contributed by atoms with Gasteiger partial charge in [0.15, 0.2) is 0 Å². The Morgan fingerprint density at radius 1 is 1.23 bits per heavy atom. The van der Waals surface area contributed by atoms with Crippen molar-refractivity contribution in [2.24, 2.45) is 5.92 Å². The van der Waals surface area contributed by atoms with E-state index in [1.807, 2.05) is 47.3 Å². The van der Waals surface area contributed by atoms with Gasteiger partial charge < -0.3 is 10.0 Å². The fourth-order valence-electron chi connectivity index (χ4n) is 3.53. The van der Waals surface area contributed by atoms with E-state index in [2.05, 4.69) is 17.1 Å². The number of aromatic nitrogens is 1. The predicted octanol–water partition coefficient (Wildman–Crippen LogP) is 2.10. The van der Waals surface area contributed by atoms with Crippen LogP contribution in [0.5, 0.6) is 0 Å². The van der Waals surface area contributed by atoms with Gasteiger partial charge in [0.1, 0.15) is 0 Å². The maximum Gasteiger partial charge on any atom is 0.236 e. The SMILES string of the molecule is CN(CC(=O)N1CC[C@H](Cc2ccc(CO)cc2)C1)Cc1cccnc1. The number of aliphatic hydroxyl groups is 1. The van der Waals surface area contributed by atoms with E-state index in [0.29, 0.717) is 12.5 Å². The topological polar surface area (TPSA) is 56.7 Å². The summed E-state index contributed by atoms with van der Waals surface area (Å²) in [6, 6.07) is 12.1. The molecule has 0 unspecified atom stereocenters. The van der Waals surface area contributed by atoms with Crippen LogP contribution in [-0.2, 0) is 24.4 Å². The molecule has 2 heterocycles. The van der Waals surface area contributed by atoms with Crippen LogP contribution >= 0.6 is 0 Å². The second-order valence-electron chi connectivity index (χ2n) is 7.21. The Hall–Kier alpha value is -2.24. The van der Waals surface area contributed by atoms with Crippen LogP contribution in [0.3, 0.4) is 0 Å². The second kappa shape index (κ2) is 8.92. The average molecular weight is 353 g/mol. The summed E-state index contributed by atoms with van der Waals surface area (Å²) in [6.45, 7) is 2.93. The number of likely N-dealkylation sites (N-methyl/N-ethyl adjacent to an activating group) is 1. The Morgan fingerprint density at radius 2 is 2.00 bits per heavy atom. The molecule has 0 aliphatic carbocycles. The number of hydrogen-bond donors (Lipinski definition) is 1. The molecule has 138 valence electrons. The van der Waals surface area contributed by atoms with Gasteiger partial charge in [-0.1, -0.05) is 30.3 Å². The molecular formula is C21H27N3O2. The fraction of sp³-hybridized carbons (Fsp3) is 0.429. The maximum atomic E-state index is 12.6. The summed E-state index contributed by atoms with van der Waals surface area (Å²) in [5, 5.41) is 9.12. The van der Waals surface area contributed by atoms with Crippen LogP contribution in [0.4, 0.5) is 0 Å². The monoisotopic (exact) mass is 353 g/mol. The van der Waals surface area contributed by atoms with Crippen LogP contribution in [0.1, 0.15) is 23.1 Å². The number of benzene rings is 1. The smallest absolute Gasteiger partial charge is 0.236 e. The lowest BCUT2D eigenvalue weighted by molar-refractivity contribution is -0.131. The number of nitrogens with zero attached hydrogens (tertiary/aromatic N) is 3. The van der Waals surface area contributed by atoms with Crippen molar-refractivity contribution in [3.8, 4) is 0 Å². The molecule has 1 aliphatic heterocycles. The van der Waals surface area contributed by atoms with Crippen molar-refractivity contribution in [1.82, 2.24) is 14.8 Å². The number of aliphatic hydroxyl groups excluding tert-OH is 1. The molecule has 0 bridgehead atoms. The molecule has 5 heteroatoms. The van der Waals surface area contributed by atoms with Gasteiger partial charge in [-0.05, 0) is 48.6 Å². The van der Waals surface area contributed by atoms with E-state index in [0.717, 1.165) is 43.6 Å². The van der Waals surface area contributed by atoms with Gasteiger partial charge in [-0.3, -0.25) is 14.7 Å². The Bertz CT molecular complexity index is 703.